The van der Waals surface area contributed by atoms with Crippen LogP contribution in [-0.4, -0.2) is 20.2 Å². The lowest BCUT2D eigenvalue weighted by molar-refractivity contribution is -0.112. The summed E-state index contributed by atoms with van der Waals surface area (Å²) in [5, 5.41) is 0.240. The molecule has 1 aliphatic carbocycles. The second kappa shape index (κ2) is 8.87. The normalized spacial score (nSPS) is 22.1. The van der Waals surface area contributed by atoms with Crippen LogP contribution in [0.15, 0.2) is 47.1 Å². The Morgan fingerprint density at radius 1 is 1.19 bits per heavy atom. The van der Waals surface area contributed by atoms with E-state index in [1.165, 1.54) is 11.1 Å². The van der Waals surface area contributed by atoms with Gasteiger partial charge in [0.25, 0.3) is 0 Å². The largest absolute Gasteiger partial charge is 0.414 e. The molecule has 27 heavy (non-hydrogen) atoms. The summed E-state index contributed by atoms with van der Waals surface area (Å²) in [6.45, 7) is 22.1. The van der Waals surface area contributed by atoms with Crippen LogP contribution < -0.4 is 0 Å². The first-order chi connectivity index (χ1) is 12.2. The third-order valence-corrected chi connectivity index (χ3v) is 10.5. The molecule has 152 valence electrons. The maximum atomic E-state index is 11.0. The number of carbonyl (C=O) groups is 1. The Morgan fingerprint density at radius 2 is 1.78 bits per heavy atom. The van der Waals surface area contributed by atoms with Crippen molar-refractivity contribution in [2.24, 2.45) is 5.41 Å². The molecule has 0 N–H and O–H groups in total. The van der Waals surface area contributed by atoms with E-state index in [9.17, 15) is 4.79 Å². The molecule has 0 fully saturated rings. The van der Waals surface area contributed by atoms with Crippen LogP contribution in [0.2, 0.25) is 18.1 Å². The van der Waals surface area contributed by atoms with Crippen LogP contribution in [0.4, 0.5) is 0 Å². The zero-order valence-corrected chi connectivity index (χ0v) is 20.2. The Morgan fingerprint density at radius 3 is 2.26 bits per heavy atom. The number of ketones is 1. The highest BCUT2D eigenvalue weighted by Crippen LogP contribution is 2.45. The Balaban J connectivity index is 2.98. The fraction of sp³-hybridized carbons (Fsp3) is 0.625. The predicted octanol–water partition coefficient (Wildman–Crippen LogP) is 7.16. The molecule has 0 heterocycles. The summed E-state index contributed by atoms with van der Waals surface area (Å²) in [4.78, 5) is 11.0. The molecule has 0 saturated carbocycles. The van der Waals surface area contributed by atoms with Gasteiger partial charge in [0.1, 0.15) is 0 Å². The molecule has 0 aromatic rings. The van der Waals surface area contributed by atoms with Crippen molar-refractivity contribution in [2.45, 2.75) is 92.5 Å². The van der Waals surface area contributed by atoms with Gasteiger partial charge in [-0.3, -0.25) is 4.79 Å². The second-order valence-corrected chi connectivity index (χ2v) is 15.0. The van der Waals surface area contributed by atoms with E-state index in [1.54, 1.807) is 13.0 Å². The molecule has 0 amide bonds. The van der Waals surface area contributed by atoms with Gasteiger partial charge in [-0.2, -0.15) is 0 Å². The van der Waals surface area contributed by atoms with Crippen molar-refractivity contribution >= 4 is 14.1 Å². The van der Waals surface area contributed by atoms with Gasteiger partial charge >= 0.3 is 0 Å². The summed E-state index contributed by atoms with van der Waals surface area (Å²) < 4.78 is 6.73. The average molecular weight is 389 g/mol. The summed E-state index contributed by atoms with van der Waals surface area (Å²) in [6, 6.07) is 0. The van der Waals surface area contributed by atoms with E-state index >= 15 is 0 Å². The standard InChI is InChI=1S/C24H40O2Si/c1-18(12-11-13-20(3)25)14-15-22-19(2)16-21(17-24(22,7)8)26-27(9,10)23(4,5)6/h11-15,21H,16-17H2,1-10H3/b13-11+,15-14+,18-12-. The highest BCUT2D eigenvalue weighted by atomic mass is 28.4. The lowest BCUT2D eigenvalue weighted by Gasteiger charge is -2.44. The molecule has 0 aromatic heterocycles. The van der Waals surface area contributed by atoms with E-state index in [-0.39, 0.29) is 16.2 Å². The molecule has 3 heteroatoms. The second-order valence-electron chi connectivity index (χ2n) is 10.2. The molecule has 1 unspecified atom stereocenters. The van der Waals surface area contributed by atoms with Crippen LogP contribution in [0.5, 0.6) is 0 Å². The number of hydrogen-bond acceptors (Lipinski definition) is 2. The third-order valence-electron chi connectivity index (χ3n) is 5.93. The zero-order chi connectivity index (χ0) is 21.0. The number of hydrogen-bond donors (Lipinski definition) is 0. The van der Waals surface area contributed by atoms with Crippen molar-refractivity contribution in [2.75, 3.05) is 0 Å². The summed E-state index contributed by atoms with van der Waals surface area (Å²) in [5.41, 5.74) is 4.09. The van der Waals surface area contributed by atoms with Crippen LogP contribution in [0.1, 0.15) is 68.2 Å². The molecule has 0 aliphatic heterocycles. The van der Waals surface area contributed by atoms with Gasteiger partial charge in [-0.25, -0.2) is 0 Å². The van der Waals surface area contributed by atoms with Crippen LogP contribution >= 0.6 is 0 Å². The lowest BCUT2D eigenvalue weighted by atomic mass is 9.71. The maximum absolute atomic E-state index is 11.0. The molecular weight excluding hydrogens is 348 g/mol. The molecule has 1 rings (SSSR count). The van der Waals surface area contributed by atoms with Crippen LogP contribution in [0.3, 0.4) is 0 Å². The Kier molecular flexibility index (Phi) is 7.84. The topological polar surface area (TPSA) is 26.3 Å². The summed E-state index contributed by atoms with van der Waals surface area (Å²) in [6.07, 6.45) is 12.2. The predicted molar refractivity (Wildman–Crippen MR) is 121 cm³/mol. The number of carbonyl (C=O) groups excluding carboxylic acids is 1. The van der Waals surface area contributed by atoms with Gasteiger partial charge in [0, 0.05) is 6.10 Å². The van der Waals surface area contributed by atoms with E-state index in [1.807, 2.05) is 12.2 Å². The van der Waals surface area contributed by atoms with Crippen molar-refractivity contribution in [3.8, 4) is 0 Å². The molecule has 0 aromatic carbocycles. The highest BCUT2D eigenvalue weighted by molar-refractivity contribution is 6.74. The van der Waals surface area contributed by atoms with Crippen molar-refractivity contribution in [1.82, 2.24) is 0 Å². The van der Waals surface area contributed by atoms with Crippen molar-refractivity contribution < 1.29 is 9.22 Å². The summed E-state index contributed by atoms with van der Waals surface area (Å²) in [7, 11) is -1.75. The SMILES string of the molecule is CC(=O)/C=C/C=C(C)\C=C\C1=C(C)CC(O[Si](C)(C)C(C)(C)C)CC1(C)C. The van der Waals surface area contributed by atoms with Crippen molar-refractivity contribution in [3.05, 3.63) is 47.1 Å². The van der Waals surface area contributed by atoms with E-state index in [0.717, 1.165) is 18.4 Å². The number of rotatable bonds is 6. The summed E-state index contributed by atoms with van der Waals surface area (Å²) in [5.74, 6) is 0.0720. The Bertz CT molecular complexity index is 667. The molecule has 2 nitrogen and oxygen atoms in total. The molecule has 0 saturated heterocycles. The van der Waals surface area contributed by atoms with Crippen LogP contribution in [0.25, 0.3) is 0 Å². The fourth-order valence-corrected chi connectivity index (χ4v) is 4.78. The lowest BCUT2D eigenvalue weighted by Crippen LogP contribution is -2.46. The fourth-order valence-electron chi connectivity index (χ4n) is 3.43. The average Bonchev–Trinajstić information content (AvgIpc) is 2.43. The first kappa shape index (κ1) is 23.8. The van der Waals surface area contributed by atoms with Gasteiger partial charge in [0.05, 0.1) is 0 Å². The Labute approximate surface area is 168 Å². The van der Waals surface area contributed by atoms with Crippen LogP contribution in [-0.2, 0) is 9.22 Å². The van der Waals surface area contributed by atoms with Gasteiger partial charge in [-0.15, -0.1) is 0 Å². The smallest absolute Gasteiger partial charge is 0.192 e. The number of allylic oxidation sites excluding steroid dienone is 7. The Hall–Kier alpha value is -1.19. The van der Waals surface area contributed by atoms with Gasteiger partial charge in [-0.05, 0) is 68.8 Å². The highest BCUT2D eigenvalue weighted by Gasteiger charge is 2.42. The van der Waals surface area contributed by atoms with Gasteiger partial charge < -0.3 is 4.43 Å². The minimum Gasteiger partial charge on any atom is -0.414 e. The quantitative estimate of drug-likeness (QED) is 0.274. The van der Waals surface area contributed by atoms with Crippen LogP contribution in [0, 0.1) is 5.41 Å². The third kappa shape index (κ3) is 7.04. The first-order valence-electron chi connectivity index (χ1n) is 10.1. The van der Waals surface area contributed by atoms with E-state index in [4.69, 9.17) is 4.43 Å². The van der Waals surface area contributed by atoms with Crippen molar-refractivity contribution in [3.63, 3.8) is 0 Å². The minimum absolute atomic E-state index is 0.0720. The summed E-state index contributed by atoms with van der Waals surface area (Å²) >= 11 is 0. The molecular formula is C24H40O2Si. The van der Waals surface area contributed by atoms with E-state index in [0.29, 0.717) is 6.10 Å². The molecule has 1 aliphatic rings. The van der Waals surface area contributed by atoms with Gasteiger partial charge in [0.2, 0.25) is 0 Å². The maximum Gasteiger partial charge on any atom is 0.192 e. The first-order valence-corrected chi connectivity index (χ1v) is 13.0. The molecule has 0 radical (unpaired) electrons. The van der Waals surface area contributed by atoms with E-state index < -0.39 is 8.32 Å². The van der Waals surface area contributed by atoms with Gasteiger partial charge in [0.15, 0.2) is 14.1 Å². The van der Waals surface area contributed by atoms with E-state index in [2.05, 4.69) is 73.7 Å². The zero-order valence-electron chi connectivity index (χ0n) is 19.2. The monoisotopic (exact) mass is 388 g/mol. The molecule has 1 atom stereocenters. The molecule has 0 bridgehead atoms. The minimum atomic E-state index is -1.75. The molecule has 0 spiro atoms. The van der Waals surface area contributed by atoms with Crippen molar-refractivity contribution in [1.29, 1.82) is 0 Å². The van der Waals surface area contributed by atoms with Gasteiger partial charge in [-0.1, -0.05) is 70.1 Å².